The van der Waals surface area contributed by atoms with Crippen molar-refractivity contribution < 1.29 is 18.1 Å². The van der Waals surface area contributed by atoms with Gasteiger partial charge in [-0.05, 0) is 23.8 Å². The standard InChI is InChI=1S/C19H20N4O5S/c1-28-19-7-6-17(12-18(19)23(24)25)29(26,27)22-10-8-21(9-11-22)14-16-5-3-2-4-15(16)13-20/h2-7,12H,8-11,14H2,1H3. The summed E-state index contributed by atoms with van der Waals surface area (Å²) in [6.07, 6.45) is 0. The summed E-state index contributed by atoms with van der Waals surface area (Å²) < 4.78 is 32.1. The van der Waals surface area contributed by atoms with Gasteiger partial charge in [0, 0.05) is 38.8 Å². The molecule has 3 rings (SSSR count). The second kappa shape index (κ2) is 8.57. The van der Waals surface area contributed by atoms with Gasteiger partial charge in [-0.2, -0.15) is 9.57 Å². The highest BCUT2D eigenvalue weighted by atomic mass is 32.2. The van der Waals surface area contributed by atoms with Crippen LogP contribution in [-0.4, -0.2) is 55.8 Å². The van der Waals surface area contributed by atoms with Gasteiger partial charge in [-0.1, -0.05) is 18.2 Å². The normalized spacial score (nSPS) is 15.6. The van der Waals surface area contributed by atoms with E-state index < -0.39 is 14.9 Å². The van der Waals surface area contributed by atoms with Crippen LogP contribution < -0.4 is 4.74 Å². The van der Waals surface area contributed by atoms with E-state index in [0.29, 0.717) is 25.2 Å². The van der Waals surface area contributed by atoms with Crippen LogP contribution in [-0.2, 0) is 16.6 Å². The van der Waals surface area contributed by atoms with Crippen molar-refractivity contribution in [3.05, 3.63) is 63.7 Å². The number of hydrogen-bond acceptors (Lipinski definition) is 7. The van der Waals surface area contributed by atoms with Gasteiger partial charge in [0.25, 0.3) is 0 Å². The van der Waals surface area contributed by atoms with Crippen molar-refractivity contribution in [3.8, 4) is 11.8 Å². The highest BCUT2D eigenvalue weighted by molar-refractivity contribution is 7.89. The first-order chi connectivity index (χ1) is 13.9. The molecule has 1 aliphatic heterocycles. The number of benzene rings is 2. The first-order valence-electron chi connectivity index (χ1n) is 8.89. The number of methoxy groups -OCH3 is 1. The average molecular weight is 416 g/mol. The number of ether oxygens (including phenoxy) is 1. The van der Waals surface area contributed by atoms with Crippen LogP contribution in [0.1, 0.15) is 11.1 Å². The molecule has 0 aromatic heterocycles. The number of sulfonamides is 1. The summed E-state index contributed by atoms with van der Waals surface area (Å²) in [5.41, 5.74) is 1.12. The minimum absolute atomic E-state index is 0.00919. The van der Waals surface area contributed by atoms with Crippen molar-refractivity contribution in [3.63, 3.8) is 0 Å². The molecule has 0 unspecified atom stereocenters. The quantitative estimate of drug-likeness (QED) is 0.522. The molecule has 10 heteroatoms. The van der Waals surface area contributed by atoms with Gasteiger partial charge in [0.15, 0.2) is 5.75 Å². The van der Waals surface area contributed by atoms with Gasteiger partial charge >= 0.3 is 5.69 Å². The minimum atomic E-state index is -3.86. The zero-order valence-electron chi connectivity index (χ0n) is 15.8. The monoisotopic (exact) mass is 416 g/mol. The number of nitrogens with zero attached hydrogens (tertiary/aromatic N) is 4. The Morgan fingerprint density at radius 2 is 1.86 bits per heavy atom. The molecule has 0 bridgehead atoms. The third-order valence-corrected chi connectivity index (χ3v) is 6.74. The molecule has 0 aliphatic carbocycles. The maximum Gasteiger partial charge on any atom is 0.312 e. The first kappa shape index (κ1) is 20.7. The van der Waals surface area contributed by atoms with Crippen molar-refractivity contribution in [2.75, 3.05) is 33.3 Å². The van der Waals surface area contributed by atoms with E-state index >= 15 is 0 Å². The Kier molecular flexibility index (Phi) is 6.12. The lowest BCUT2D eigenvalue weighted by molar-refractivity contribution is -0.386. The zero-order chi connectivity index (χ0) is 21.0. The van der Waals surface area contributed by atoms with Gasteiger partial charge < -0.3 is 4.74 Å². The fourth-order valence-electron chi connectivity index (χ4n) is 3.26. The van der Waals surface area contributed by atoms with Crippen LogP contribution in [0.25, 0.3) is 0 Å². The third kappa shape index (κ3) is 4.37. The maximum atomic E-state index is 12.9. The van der Waals surface area contributed by atoms with Crippen molar-refractivity contribution in [1.29, 1.82) is 5.26 Å². The number of nitriles is 1. The highest BCUT2D eigenvalue weighted by Gasteiger charge is 2.30. The smallest absolute Gasteiger partial charge is 0.312 e. The Balaban J connectivity index is 1.72. The number of piperazine rings is 1. The maximum absolute atomic E-state index is 12.9. The second-order valence-corrected chi connectivity index (χ2v) is 8.48. The molecular weight excluding hydrogens is 396 g/mol. The van der Waals surface area contributed by atoms with Gasteiger partial charge in [0.1, 0.15) is 0 Å². The van der Waals surface area contributed by atoms with Gasteiger partial charge in [-0.25, -0.2) is 8.42 Å². The topological polar surface area (TPSA) is 117 Å². The summed E-state index contributed by atoms with van der Waals surface area (Å²) in [4.78, 5) is 12.5. The Morgan fingerprint density at radius 1 is 1.17 bits per heavy atom. The van der Waals surface area contributed by atoms with Crippen LogP contribution in [0.4, 0.5) is 5.69 Å². The van der Waals surface area contributed by atoms with Gasteiger partial charge in [0.05, 0.1) is 28.6 Å². The van der Waals surface area contributed by atoms with E-state index in [0.717, 1.165) is 11.6 Å². The highest BCUT2D eigenvalue weighted by Crippen LogP contribution is 2.30. The first-order valence-corrected chi connectivity index (χ1v) is 10.3. The lowest BCUT2D eigenvalue weighted by Crippen LogP contribution is -2.48. The van der Waals surface area contributed by atoms with E-state index in [9.17, 15) is 23.8 Å². The van der Waals surface area contributed by atoms with Crippen LogP contribution in [0.2, 0.25) is 0 Å². The molecule has 1 heterocycles. The molecule has 0 atom stereocenters. The van der Waals surface area contributed by atoms with Crippen LogP contribution >= 0.6 is 0 Å². The molecule has 1 fully saturated rings. The van der Waals surface area contributed by atoms with E-state index in [1.807, 2.05) is 12.1 Å². The lowest BCUT2D eigenvalue weighted by atomic mass is 10.1. The minimum Gasteiger partial charge on any atom is -0.490 e. The molecule has 1 aliphatic rings. The van der Waals surface area contributed by atoms with Gasteiger partial charge in [0.2, 0.25) is 10.0 Å². The second-order valence-electron chi connectivity index (χ2n) is 6.54. The molecule has 0 saturated carbocycles. The molecule has 1 saturated heterocycles. The van der Waals surface area contributed by atoms with Gasteiger partial charge in [-0.3, -0.25) is 15.0 Å². The SMILES string of the molecule is COc1ccc(S(=O)(=O)N2CCN(Cc3ccccc3C#N)CC2)cc1[N+](=O)[O-]. The van der Waals surface area contributed by atoms with Crippen LogP contribution in [0, 0.1) is 21.4 Å². The van der Waals surface area contributed by atoms with E-state index in [-0.39, 0.29) is 29.4 Å². The largest absolute Gasteiger partial charge is 0.490 e. The molecule has 2 aromatic rings. The van der Waals surface area contributed by atoms with E-state index in [2.05, 4.69) is 11.0 Å². The molecule has 2 aromatic carbocycles. The molecule has 0 amide bonds. The van der Waals surface area contributed by atoms with Crippen molar-refractivity contribution in [2.24, 2.45) is 0 Å². The van der Waals surface area contributed by atoms with Gasteiger partial charge in [-0.15, -0.1) is 0 Å². The average Bonchev–Trinajstić information content (AvgIpc) is 2.74. The Hall–Kier alpha value is -3.00. The van der Waals surface area contributed by atoms with E-state index in [4.69, 9.17) is 4.74 Å². The van der Waals surface area contributed by atoms with Crippen LogP contribution in [0.15, 0.2) is 47.4 Å². The fraction of sp³-hybridized carbons (Fsp3) is 0.316. The lowest BCUT2D eigenvalue weighted by Gasteiger charge is -2.34. The summed E-state index contributed by atoms with van der Waals surface area (Å²) in [6.45, 7) is 2.08. The zero-order valence-corrected chi connectivity index (χ0v) is 16.6. The predicted octanol–water partition coefficient (Wildman–Crippen LogP) is 1.98. The molecule has 0 N–H and O–H groups in total. The van der Waals surface area contributed by atoms with Crippen LogP contribution in [0.5, 0.6) is 5.75 Å². The molecule has 29 heavy (non-hydrogen) atoms. The summed E-state index contributed by atoms with van der Waals surface area (Å²) in [5.74, 6) is 0.00919. The Bertz CT molecular complexity index is 1060. The predicted molar refractivity (Wildman–Crippen MR) is 105 cm³/mol. The van der Waals surface area contributed by atoms with Crippen molar-refractivity contribution in [1.82, 2.24) is 9.21 Å². The molecular formula is C19H20N4O5S. The Morgan fingerprint density at radius 3 is 2.48 bits per heavy atom. The van der Waals surface area contributed by atoms with E-state index in [1.165, 1.54) is 23.5 Å². The molecule has 0 radical (unpaired) electrons. The summed E-state index contributed by atoms with van der Waals surface area (Å²) in [7, 11) is -2.57. The fourth-order valence-corrected chi connectivity index (χ4v) is 4.70. The third-order valence-electron chi connectivity index (χ3n) is 4.85. The summed E-state index contributed by atoms with van der Waals surface area (Å²) in [6, 6.07) is 13.1. The molecule has 0 spiro atoms. The summed E-state index contributed by atoms with van der Waals surface area (Å²) >= 11 is 0. The van der Waals surface area contributed by atoms with E-state index in [1.54, 1.807) is 12.1 Å². The number of hydrogen-bond donors (Lipinski definition) is 0. The van der Waals surface area contributed by atoms with Crippen LogP contribution in [0.3, 0.4) is 0 Å². The number of nitro benzene ring substituents is 1. The Labute approximate surface area is 168 Å². The number of nitro groups is 1. The number of rotatable bonds is 6. The summed E-state index contributed by atoms with van der Waals surface area (Å²) in [5, 5.41) is 20.4. The van der Waals surface area contributed by atoms with Crippen molar-refractivity contribution >= 4 is 15.7 Å². The molecule has 9 nitrogen and oxygen atoms in total. The molecule has 152 valence electrons. The van der Waals surface area contributed by atoms with Crippen molar-refractivity contribution in [2.45, 2.75) is 11.4 Å².